The maximum absolute atomic E-state index is 9.43. The van der Waals surface area contributed by atoms with Crippen LogP contribution in [0.2, 0.25) is 0 Å². The molecule has 1 atom stereocenters. The first-order valence-electron chi connectivity index (χ1n) is 5.65. The van der Waals surface area contributed by atoms with Gasteiger partial charge in [-0.3, -0.25) is 0 Å². The van der Waals surface area contributed by atoms with Crippen LogP contribution < -0.4 is 5.32 Å². The zero-order valence-electron chi connectivity index (χ0n) is 10.8. The highest BCUT2D eigenvalue weighted by atomic mass is 32.2. The molecule has 0 amide bonds. The Labute approximate surface area is 107 Å². The van der Waals surface area contributed by atoms with E-state index < -0.39 is 0 Å². The SMILES string of the molecule is CSC(C)(C)CNC(C)c1cc(O)cc(O)c1. The second-order valence-electron chi connectivity index (χ2n) is 4.85. The first-order valence-corrected chi connectivity index (χ1v) is 6.88. The topological polar surface area (TPSA) is 52.5 Å². The largest absolute Gasteiger partial charge is 0.508 e. The summed E-state index contributed by atoms with van der Waals surface area (Å²) in [5.41, 5.74) is 0.888. The third-order valence-electron chi connectivity index (χ3n) is 2.81. The Hall–Kier alpha value is -0.870. The molecule has 1 unspecified atom stereocenters. The van der Waals surface area contributed by atoms with Gasteiger partial charge in [0.25, 0.3) is 0 Å². The van der Waals surface area contributed by atoms with Gasteiger partial charge in [0, 0.05) is 23.4 Å². The molecule has 0 radical (unpaired) electrons. The summed E-state index contributed by atoms with van der Waals surface area (Å²) in [4.78, 5) is 0. The molecule has 1 aromatic rings. The summed E-state index contributed by atoms with van der Waals surface area (Å²) in [7, 11) is 0. The highest BCUT2D eigenvalue weighted by Gasteiger charge is 2.17. The number of hydrogen-bond acceptors (Lipinski definition) is 4. The molecule has 3 nitrogen and oxygen atoms in total. The molecule has 0 bridgehead atoms. The van der Waals surface area contributed by atoms with Gasteiger partial charge in [0.2, 0.25) is 0 Å². The van der Waals surface area contributed by atoms with Gasteiger partial charge in [-0.05, 0) is 44.7 Å². The Kier molecular flexibility index (Phi) is 4.71. The van der Waals surface area contributed by atoms with E-state index in [1.54, 1.807) is 12.1 Å². The van der Waals surface area contributed by atoms with Crippen molar-refractivity contribution in [2.24, 2.45) is 0 Å². The number of rotatable bonds is 5. The highest BCUT2D eigenvalue weighted by Crippen LogP contribution is 2.26. The van der Waals surface area contributed by atoms with Crippen LogP contribution in [0, 0.1) is 0 Å². The van der Waals surface area contributed by atoms with Crippen LogP contribution >= 0.6 is 11.8 Å². The lowest BCUT2D eigenvalue weighted by Crippen LogP contribution is -2.33. The molecule has 17 heavy (non-hydrogen) atoms. The second-order valence-corrected chi connectivity index (χ2v) is 6.36. The van der Waals surface area contributed by atoms with Crippen molar-refractivity contribution in [3.05, 3.63) is 23.8 Å². The molecule has 0 spiro atoms. The van der Waals surface area contributed by atoms with Gasteiger partial charge in [0.05, 0.1) is 0 Å². The van der Waals surface area contributed by atoms with Crippen LogP contribution in [0.1, 0.15) is 32.4 Å². The molecule has 0 aliphatic rings. The Morgan fingerprint density at radius 1 is 1.24 bits per heavy atom. The van der Waals surface area contributed by atoms with E-state index in [9.17, 15) is 10.2 Å². The van der Waals surface area contributed by atoms with Crippen molar-refractivity contribution in [2.45, 2.75) is 31.6 Å². The molecule has 96 valence electrons. The average Bonchev–Trinajstić information content (AvgIpc) is 2.24. The summed E-state index contributed by atoms with van der Waals surface area (Å²) >= 11 is 1.81. The van der Waals surface area contributed by atoms with Crippen molar-refractivity contribution in [2.75, 3.05) is 12.8 Å². The standard InChI is InChI=1S/C13H21NO2S/c1-9(14-8-13(2,3)17-4)10-5-11(15)7-12(16)6-10/h5-7,9,14-16H,8H2,1-4H3. The molecule has 0 aliphatic heterocycles. The van der Waals surface area contributed by atoms with Crippen molar-refractivity contribution in [3.63, 3.8) is 0 Å². The van der Waals surface area contributed by atoms with E-state index >= 15 is 0 Å². The van der Waals surface area contributed by atoms with Gasteiger partial charge < -0.3 is 15.5 Å². The van der Waals surface area contributed by atoms with E-state index in [0.717, 1.165) is 12.1 Å². The van der Waals surface area contributed by atoms with Crippen molar-refractivity contribution < 1.29 is 10.2 Å². The molecule has 1 rings (SSSR count). The number of benzene rings is 1. The molecule has 0 heterocycles. The van der Waals surface area contributed by atoms with Gasteiger partial charge in [-0.25, -0.2) is 0 Å². The lowest BCUT2D eigenvalue weighted by atomic mass is 10.1. The Morgan fingerprint density at radius 3 is 2.24 bits per heavy atom. The highest BCUT2D eigenvalue weighted by molar-refractivity contribution is 7.99. The maximum atomic E-state index is 9.43. The predicted octanol–water partition coefficient (Wildman–Crippen LogP) is 2.89. The molecule has 0 saturated carbocycles. The molecular weight excluding hydrogens is 234 g/mol. The van der Waals surface area contributed by atoms with Gasteiger partial charge >= 0.3 is 0 Å². The number of phenolic OH excluding ortho intramolecular Hbond substituents is 2. The van der Waals surface area contributed by atoms with E-state index in [0.29, 0.717) is 0 Å². The molecule has 0 aliphatic carbocycles. The lowest BCUT2D eigenvalue weighted by Gasteiger charge is -2.25. The van der Waals surface area contributed by atoms with Gasteiger partial charge in [-0.2, -0.15) is 11.8 Å². The van der Waals surface area contributed by atoms with E-state index in [2.05, 4.69) is 25.4 Å². The van der Waals surface area contributed by atoms with Crippen LogP contribution in [0.3, 0.4) is 0 Å². The maximum Gasteiger partial charge on any atom is 0.119 e. The summed E-state index contributed by atoms with van der Waals surface area (Å²) in [5, 5.41) is 22.3. The first-order chi connectivity index (χ1) is 7.84. The fraction of sp³-hybridized carbons (Fsp3) is 0.538. The molecule has 1 aromatic carbocycles. The third-order valence-corrected chi connectivity index (χ3v) is 4.06. The third kappa shape index (κ3) is 4.48. The van der Waals surface area contributed by atoms with Gasteiger partial charge in [0.15, 0.2) is 0 Å². The van der Waals surface area contributed by atoms with Gasteiger partial charge in [0.1, 0.15) is 11.5 Å². The molecule has 4 heteroatoms. The summed E-state index contributed by atoms with van der Waals surface area (Å²) in [5.74, 6) is 0.190. The second kappa shape index (κ2) is 5.65. The average molecular weight is 255 g/mol. The zero-order chi connectivity index (χ0) is 13.1. The van der Waals surface area contributed by atoms with Crippen LogP contribution in [0.15, 0.2) is 18.2 Å². The van der Waals surface area contributed by atoms with Crippen molar-refractivity contribution >= 4 is 11.8 Å². The molecular formula is C13H21NO2S. The number of thioether (sulfide) groups is 1. The summed E-state index contributed by atoms with van der Waals surface area (Å²) in [6, 6.07) is 4.77. The summed E-state index contributed by atoms with van der Waals surface area (Å²) in [6.07, 6.45) is 2.09. The van der Waals surface area contributed by atoms with Crippen LogP contribution in [0.25, 0.3) is 0 Å². The number of aromatic hydroxyl groups is 2. The molecule has 3 N–H and O–H groups in total. The van der Waals surface area contributed by atoms with Gasteiger partial charge in [-0.1, -0.05) is 0 Å². The van der Waals surface area contributed by atoms with Crippen LogP contribution in [0.4, 0.5) is 0 Å². The summed E-state index contributed by atoms with van der Waals surface area (Å²) in [6.45, 7) is 7.24. The van der Waals surface area contributed by atoms with E-state index in [1.807, 2.05) is 18.7 Å². The minimum absolute atomic E-state index is 0.0952. The van der Waals surface area contributed by atoms with Crippen LogP contribution in [-0.2, 0) is 0 Å². The minimum Gasteiger partial charge on any atom is -0.508 e. The van der Waals surface area contributed by atoms with Crippen LogP contribution in [-0.4, -0.2) is 27.8 Å². The van der Waals surface area contributed by atoms with E-state index in [-0.39, 0.29) is 22.3 Å². The molecule has 0 aromatic heterocycles. The van der Waals surface area contributed by atoms with E-state index in [4.69, 9.17) is 0 Å². The zero-order valence-corrected chi connectivity index (χ0v) is 11.6. The lowest BCUT2D eigenvalue weighted by molar-refractivity contribution is 0.445. The smallest absolute Gasteiger partial charge is 0.119 e. The quantitative estimate of drug-likeness (QED) is 0.757. The predicted molar refractivity (Wildman–Crippen MR) is 73.8 cm³/mol. The normalized spacial score (nSPS) is 13.6. The Bertz CT molecular complexity index is 359. The Morgan fingerprint density at radius 2 is 1.76 bits per heavy atom. The fourth-order valence-electron chi connectivity index (χ4n) is 1.46. The Balaban J connectivity index is 2.67. The van der Waals surface area contributed by atoms with Crippen molar-refractivity contribution in [1.29, 1.82) is 0 Å². The van der Waals surface area contributed by atoms with Gasteiger partial charge in [-0.15, -0.1) is 0 Å². The number of phenols is 2. The first kappa shape index (κ1) is 14.2. The molecule has 0 fully saturated rings. The number of hydrogen-bond donors (Lipinski definition) is 3. The summed E-state index contributed by atoms with van der Waals surface area (Å²) < 4.78 is 0.174. The minimum atomic E-state index is 0.0952. The van der Waals surface area contributed by atoms with Crippen LogP contribution in [0.5, 0.6) is 11.5 Å². The fourth-order valence-corrected chi connectivity index (χ4v) is 1.68. The monoisotopic (exact) mass is 255 g/mol. The van der Waals surface area contributed by atoms with Crippen molar-refractivity contribution in [1.82, 2.24) is 5.32 Å². The van der Waals surface area contributed by atoms with Crippen molar-refractivity contribution in [3.8, 4) is 11.5 Å². The molecule has 0 saturated heterocycles. The number of nitrogens with one attached hydrogen (secondary N) is 1. The van der Waals surface area contributed by atoms with E-state index in [1.165, 1.54) is 6.07 Å².